The quantitative estimate of drug-likeness (QED) is 0.300. The van der Waals surface area contributed by atoms with E-state index in [1.54, 1.807) is 30.1 Å². The second-order valence-corrected chi connectivity index (χ2v) is 7.15. The van der Waals surface area contributed by atoms with Gasteiger partial charge in [-0.05, 0) is 18.6 Å². The number of ether oxygens (including phenoxy) is 3. The molecule has 11 heteroatoms. The Hall–Kier alpha value is -2.15. The smallest absolute Gasteiger partial charge is 0.387 e. The van der Waals surface area contributed by atoms with Gasteiger partial charge in [-0.15, -0.1) is 24.0 Å². The van der Waals surface area contributed by atoms with Crippen molar-refractivity contribution in [1.82, 2.24) is 20.0 Å². The van der Waals surface area contributed by atoms with Crippen molar-refractivity contribution >= 4 is 29.9 Å². The third kappa shape index (κ3) is 7.19. The summed E-state index contributed by atoms with van der Waals surface area (Å²) >= 11 is 0. The number of benzene rings is 1. The zero-order valence-electron chi connectivity index (χ0n) is 18.5. The molecular formula is C21H30F2IN5O3. The molecule has 1 aliphatic rings. The SMILES string of the molecule is CCCOc1ccc(CNC(=NC)N2CCOC(c3cnn(C)c3)C2)c(OC(F)F)c1.I. The Morgan fingerprint density at radius 2 is 2.22 bits per heavy atom. The highest BCUT2D eigenvalue weighted by Crippen LogP contribution is 2.27. The first-order valence-electron chi connectivity index (χ1n) is 10.3. The minimum Gasteiger partial charge on any atom is -0.493 e. The molecule has 8 nitrogen and oxygen atoms in total. The molecule has 0 aliphatic carbocycles. The number of hydrogen-bond donors (Lipinski definition) is 1. The van der Waals surface area contributed by atoms with Gasteiger partial charge in [-0.1, -0.05) is 6.92 Å². The standard InChI is InChI=1S/C21H29F2N5O3.HI/c1-4-8-29-17-6-5-15(18(10-17)31-20(22)23)11-25-21(24-2)28-7-9-30-19(14-28)16-12-26-27(3)13-16;/h5-6,10,12-13,19-20H,4,7-9,11,14H2,1-3H3,(H,24,25);1H. The molecule has 0 amide bonds. The summed E-state index contributed by atoms with van der Waals surface area (Å²) < 4.78 is 43.7. The summed E-state index contributed by atoms with van der Waals surface area (Å²) in [5.74, 6) is 1.24. The number of nitrogens with one attached hydrogen (secondary N) is 1. The van der Waals surface area contributed by atoms with Crippen LogP contribution in [0, 0.1) is 0 Å². The van der Waals surface area contributed by atoms with E-state index in [0.29, 0.717) is 43.6 Å². The third-order valence-electron chi connectivity index (χ3n) is 4.84. The minimum absolute atomic E-state index is 0. The van der Waals surface area contributed by atoms with E-state index in [4.69, 9.17) is 14.2 Å². The number of hydrogen-bond acceptors (Lipinski definition) is 5. The maximum Gasteiger partial charge on any atom is 0.387 e. The van der Waals surface area contributed by atoms with Gasteiger partial charge >= 0.3 is 6.61 Å². The van der Waals surface area contributed by atoms with Gasteiger partial charge in [0.25, 0.3) is 0 Å². The van der Waals surface area contributed by atoms with Crippen LogP contribution in [0.5, 0.6) is 11.5 Å². The van der Waals surface area contributed by atoms with E-state index in [1.165, 1.54) is 6.07 Å². The Labute approximate surface area is 203 Å². The van der Waals surface area contributed by atoms with Crippen LogP contribution in [0.3, 0.4) is 0 Å². The second kappa shape index (κ2) is 12.8. The fraction of sp³-hybridized carbons (Fsp3) is 0.524. The highest BCUT2D eigenvalue weighted by Gasteiger charge is 2.25. The number of alkyl halides is 2. The van der Waals surface area contributed by atoms with Crippen LogP contribution in [-0.4, -0.2) is 60.6 Å². The first-order chi connectivity index (χ1) is 15.0. The lowest BCUT2D eigenvalue weighted by Gasteiger charge is -2.34. The molecule has 2 aromatic rings. The van der Waals surface area contributed by atoms with E-state index in [9.17, 15) is 8.78 Å². The fourth-order valence-corrected chi connectivity index (χ4v) is 3.35. The molecule has 1 unspecified atom stereocenters. The van der Waals surface area contributed by atoms with Crippen LogP contribution in [0.2, 0.25) is 0 Å². The summed E-state index contributed by atoms with van der Waals surface area (Å²) in [6, 6.07) is 4.97. The Bertz CT molecular complexity index is 881. The normalized spacial score (nSPS) is 16.6. The van der Waals surface area contributed by atoms with Crippen molar-refractivity contribution in [3.8, 4) is 11.5 Å². The largest absolute Gasteiger partial charge is 0.493 e. The van der Waals surface area contributed by atoms with Crippen molar-refractivity contribution in [1.29, 1.82) is 0 Å². The Morgan fingerprint density at radius 1 is 1.41 bits per heavy atom. The number of aromatic nitrogens is 2. The zero-order chi connectivity index (χ0) is 22.2. The van der Waals surface area contributed by atoms with Gasteiger partial charge in [-0.3, -0.25) is 9.67 Å². The number of nitrogens with zero attached hydrogens (tertiary/aromatic N) is 4. The molecule has 1 aliphatic heterocycles. The first-order valence-corrected chi connectivity index (χ1v) is 10.3. The molecule has 0 bridgehead atoms. The summed E-state index contributed by atoms with van der Waals surface area (Å²) in [6.45, 7) is 1.66. The molecular weight excluding hydrogens is 535 g/mol. The van der Waals surface area contributed by atoms with Crippen molar-refractivity contribution in [2.75, 3.05) is 33.4 Å². The number of morpholine rings is 1. The molecule has 1 N–H and O–H groups in total. The van der Waals surface area contributed by atoms with Crippen LogP contribution >= 0.6 is 24.0 Å². The molecule has 0 spiro atoms. The lowest BCUT2D eigenvalue weighted by Crippen LogP contribution is -2.47. The van der Waals surface area contributed by atoms with Crippen molar-refractivity contribution in [3.63, 3.8) is 0 Å². The molecule has 0 saturated carbocycles. The van der Waals surface area contributed by atoms with Crippen molar-refractivity contribution in [2.45, 2.75) is 32.6 Å². The summed E-state index contributed by atoms with van der Waals surface area (Å²) in [5, 5.41) is 7.45. The predicted octanol–water partition coefficient (Wildman–Crippen LogP) is 3.58. The number of guanidine groups is 1. The fourth-order valence-electron chi connectivity index (χ4n) is 3.35. The molecule has 32 heavy (non-hydrogen) atoms. The van der Waals surface area contributed by atoms with Crippen LogP contribution in [0.1, 0.15) is 30.6 Å². The van der Waals surface area contributed by atoms with Gasteiger partial charge < -0.3 is 24.4 Å². The van der Waals surface area contributed by atoms with Crippen LogP contribution in [0.4, 0.5) is 8.78 Å². The van der Waals surface area contributed by atoms with Crippen LogP contribution < -0.4 is 14.8 Å². The van der Waals surface area contributed by atoms with Gasteiger partial charge in [0, 0.05) is 50.6 Å². The van der Waals surface area contributed by atoms with Crippen molar-refractivity contribution in [3.05, 3.63) is 41.7 Å². The lowest BCUT2D eigenvalue weighted by atomic mass is 10.1. The Balaban J connectivity index is 0.00000363. The maximum absolute atomic E-state index is 12.9. The lowest BCUT2D eigenvalue weighted by molar-refractivity contribution is -0.0505. The molecule has 1 aromatic heterocycles. The molecule has 2 heterocycles. The highest BCUT2D eigenvalue weighted by atomic mass is 127. The Morgan fingerprint density at radius 3 is 2.88 bits per heavy atom. The summed E-state index contributed by atoms with van der Waals surface area (Å²) in [4.78, 5) is 6.43. The van der Waals surface area contributed by atoms with Crippen molar-refractivity contribution < 1.29 is 23.0 Å². The molecule has 3 rings (SSSR count). The van der Waals surface area contributed by atoms with Gasteiger partial charge in [0.2, 0.25) is 0 Å². The van der Waals surface area contributed by atoms with E-state index >= 15 is 0 Å². The number of aliphatic imine (C=N–C) groups is 1. The average Bonchev–Trinajstić information content (AvgIpc) is 3.20. The molecule has 1 aromatic carbocycles. The van der Waals surface area contributed by atoms with Gasteiger partial charge in [0.1, 0.15) is 17.6 Å². The van der Waals surface area contributed by atoms with E-state index in [0.717, 1.165) is 12.0 Å². The highest BCUT2D eigenvalue weighted by molar-refractivity contribution is 14.0. The second-order valence-electron chi connectivity index (χ2n) is 7.15. The van der Waals surface area contributed by atoms with E-state index in [-0.39, 0.29) is 42.4 Å². The Kier molecular flexibility index (Phi) is 10.4. The topological polar surface area (TPSA) is 73.1 Å². The van der Waals surface area contributed by atoms with Crippen LogP contribution in [-0.2, 0) is 18.3 Å². The van der Waals surface area contributed by atoms with Gasteiger partial charge in [0.05, 0.1) is 26.0 Å². The number of rotatable bonds is 8. The van der Waals surface area contributed by atoms with E-state index in [1.807, 2.05) is 20.2 Å². The molecule has 178 valence electrons. The zero-order valence-corrected chi connectivity index (χ0v) is 20.8. The van der Waals surface area contributed by atoms with Gasteiger partial charge in [0.15, 0.2) is 5.96 Å². The average molecular weight is 565 g/mol. The van der Waals surface area contributed by atoms with Gasteiger partial charge in [-0.2, -0.15) is 13.9 Å². The van der Waals surface area contributed by atoms with Crippen molar-refractivity contribution in [2.24, 2.45) is 12.0 Å². The van der Waals surface area contributed by atoms with E-state index < -0.39 is 6.61 Å². The first kappa shape index (κ1) is 26.1. The summed E-state index contributed by atoms with van der Waals surface area (Å²) in [5.41, 5.74) is 1.58. The minimum atomic E-state index is -2.92. The van der Waals surface area contributed by atoms with Crippen LogP contribution in [0.15, 0.2) is 35.6 Å². The monoisotopic (exact) mass is 565 g/mol. The molecule has 1 fully saturated rings. The molecule has 0 radical (unpaired) electrons. The van der Waals surface area contributed by atoms with Crippen LogP contribution in [0.25, 0.3) is 0 Å². The molecule has 1 saturated heterocycles. The summed E-state index contributed by atoms with van der Waals surface area (Å²) in [6.07, 6.45) is 4.43. The van der Waals surface area contributed by atoms with Gasteiger partial charge in [-0.25, -0.2) is 0 Å². The summed E-state index contributed by atoms with van der Waals surface area (Å²) in [7, 11) is 3.55. The molecule has 1 atom stereocenters. The van der Waals surface area contributed by atoms with E-state index in [2.05, 4.69) is 20.3 Å². The maximum atomic E-state index is 12.9. The number of halogens is 3. The third-order valence-corrected chi connectivity index (χ3v) is 4.84. The number of aryl methyl sites for hydroxylation is 1. The predicted molar refractivity (Wildman–Crippen MR) is 128 cm³/mol.